The number of hydrogen-bond acceptors (Lipinski definition) is 4. The minimum absolute atomic E-state index is 0.0399. The SMILES string of the molecule is COc1ccc(-c2ccc(CNC(=O)C3(N)CC3)s2)cc1. The van der Waals surface area contributed by atoms with E-state index in [1.54, 1.807) is 18.4 Å². The first-order valence-corrected chi connectivity index (χ1v) is 7.73. The quantitative estimate of drug-likeness (QED) is 0.892. The van der Waals surface area contributed by atoms with Crippen molar-refractivity contribution in [2.75, 3.05) is 7.11 Å². The Kier molecular flexibility index (Phi) is 3.69. The van der Waals surface area contributed by atoms with Crippen molar-refractivity contribution >= 4 is 17.2 Å². The summed E-state index contributed by atoms with van der Waals surface area (Å²) in [4.78, 5) is 14.1. The number of methoxy groups -OCH3 is 1. The van der Waals surface area contributed by atoms with Gasteiger partial charge in [-0.05, 0) is 54.8 Å². The molecule has 5 heteroatoms. The number of amides is 1. The van der Waals surface area contributed by atoms with Crippen LogP contribution in [0.3, 0.4) is 0 Å². The summed E-state index contributed by atoms with van der Waals surface area (Å²) in [6, 6.07) is 12.1. The highest BCUT2D eigenvalue weighted by Gasteiger charge is 2.45. The molecule has 0 spiro atoms. The molecule has 1 aliphatic rings. The van der Waals surface area contributed by atoms with Gasteiger partial charge in [0.25, 0.3) is 0 Å². The Balaban J connectivity index is 1.64. The molecule has 4 nitrogen and oxygen atoms in total. The number of carbonyl (C=O) groups is 1. The second-order valence-electron chi connectivity index (χ2n) is 5.33. The van der Waals surface area contributed by atoms with Crippen LogP contribution in [0.4, 0.5) is 0 Å². The summed E-state index contributed by atoms with van der Waals surface area (Å²) in [5, 5.41) is 2.91. The molecule has 0 unspecified atom stereocenters. The standard InChI is InChI=1S/C16H18N2O2S/c1-20-12-4-2-11(3-5-12)14-7-6-13(21-14)10-18-15(19)16(17)8-9-16/h2-7H,8-10,17H2,1H3,(H,18,19). The zero-order valence-electron chi connectivity index (χ0n) is 11.9. The van der Waals surface area contributed by atoms with Gasteiger partial charge in [0.05, 0.1) is 19.2 Å². The molecule has 1 heterocycles. The molecular weight excluding hydrogens is 284 g/mol. The minimum atomic E-state index is -0.601. The van der Waals surface area contributed by atoms with Crippen LogP contribution in [0.25, 0.3) is 10.4 Å². The average Bonchev–Trinajstić information content (AvgIpc) is 3.10. The molecule has 3 N–H and O–H groups in total. The van der Waals surface area contributed by atoms with Crippen molar-refractivity contribution in [3.05, 3.63) is 41.3 Å². The predicted octanol–water partition coefficient (Wildman–Crippen LogP) is 2.53. The van der Waals surface area contributed by atoms with Crippen molar-refractivity contribution in [2.45, 2.75) is 24.9 Å². The smallest absolute Gasteiger partial charge is 0.240 e. The van der Waals surface area contributed by atoms with E-state index in [2.05, 4.69) is 11.4 Å². The summed E-state index contributed by atoms with van der Waals surface area (Å²) in [6.45, 7) is 0.540. The number of nitrogens with two attached hydrogens (primary N) is 1. The van der Waals surface area contributed by atoms with Gasteiger partial charge in [-0.3, -0.25) is 4.79 Å². The molecule has 1 fully saturated rings. The summed E-state index contributed by atoms with van der Waals surface area (Å²) in [6.07, 6.45) is 1.58. The lowest BCUT2D eigenvalue weighted by Gasteiger charge is -2.08. The molecule has 21 heavy (non-hydrogen) atoms. The number of nitrogens with one attached hydrogen (secondary N) is 1. The van der Waals surface area contributed by atoms with Gasteiger partial charge in [0.15, 0.2) is 0 Å². The summed E-state index contributed by atoms with van der Waals surface area (Å²) >= 11 is 1.68. The number of thiophene rings is 1. The molecule has 1 saturated carbocycles. The number of hydrogen-bond donors (Lipinski definition) is 2. The Morgan fingerprint density at radius 3 is 2.62 bits per heavy atom. The Bertz CT molecular complexity index is 645. The van der Waals surface area contributed by atoms with E-state index < -0.39 is 5.54 Å². The fraction of sp³-hybridized carbons (Fsp3) is 0.312. The fourth-order valence-electron chi connectivity index (χ4n) is 2.09. The third-order valence-corrected chi connectivity index (χ3v) is 4.83. The summed E-state index contributed by atoms with van der Waals surface area (Å²) < 4.78 is 5.16. The number of benzene rings is 1. The van der Waals surface area contributed by atoms with E-state index in [-0.39, 0.29) is 5.91 Å². The van der Waals surface area contributed by atoms with Crippen LogP contribution in [-0.4, -0.2) is 18.6 Å². The largest absolute Gasteiger partial charge is 0.497 e. The molecule has 3 rings (SSSR count). The van der Waals surface area contributed by atoms with Gasteiger partial charge in [-0.2, -0.15) is 0 Å². The fourth-order valence-corrected chi connectivity index (χ4v) is 3.04. The molecule has 1 aromatic heterocycles. The van der Waals surface area contributed by atoms with E-state index in [0.29, 0.717) is 6.54 Å². The first-order chi connectivity index (χ1) is 10.1. The highest BCUT2D eigenvalue weighted by atomic mass is 32.1. The monoisotopic (exact) mass is 302 g/mol. The van der Waals surface area contributed by atoms with E-state index in [1.807, 2.05) is 30.3 Å². The summed E-state index contributed by atoms with van der Waals surface area (Å²) in [5.74, 6) is 0.808. The predicted molar refractivity (Wildman–Crippen MR) is 84.3 cm³/mol. The van der Waals surface area contributed by atoms with Crippen molar-refractivity contribution in [1.82, 2.24) is 5.32 Å². The van der Waals surface area contributed by atoms with Gasteiger partial charge in [-0.25, -0.2) is 0 Å². The Morgan fingerprint density at radius 1 is 1.29 bits per heavy atom. The molecule has 0 atom stereocenters. The maximum atomic E-state index is 11.8. The number of rotatable bonds is 5. The van der Waals surface area contributed by atoms with Gasteiger partial charge in [0, 0.05) is 9.75 Å². The van der Waals surface area contributed by atoms with Crippen LogP contribution < -0.4 is 15.8 Å². The zero-order valence-corrected chi connectivity index (χ0v) is 12.7. The molecule has 0 saturated heterocycles. The van der Waals surface area contributed by atoms with Crippen LogP contribution in [0.15, 0.2) is 36.4 Å². The lowest BCUT2D eigenvalue weighted by molar-refractivity contribution is -0.123. The van der Waals surface area contributed by atoms with Crippen LogP contribution in [0.1, 0.15) is 17.7 Å². The van der Waals surface area contributed by atoms with E-state index in [1.165, 1.54) is 4.88 Å². The van der Waals surface area contributed by atoms with Gasteiger partial charge in [-0.1, -0.05) is 0 Å². The molecule has 1 amide bonds. The van der Waals surface area contributed by atoms with Gasteiger partial charge in [0.1, 0.15) is 5.75 Å². The number of ether oxygens (including phenoxy) is 1. The maximum Gasteiger partial charge on any atom is 0.240 e. The van der Waals surface area contributed by atoms with Crippen molar-refractivity contribution in [2.24, 2.45) is 5.73 Å². The highest BCUT2D eigenvalue weighted by Crippen LogP contribution is 2.33. The summed E-state index contributed by atoms with van der Waals surface area (Å²) in [5.41, 5.74) is 6.41. The van der Waals surface area contributed by atoms with E-state index >= 15 is 0 Å². The molecule has 1 aromatic carbocycles. The first kappa shape index (κ1) is 14.1. The van der Waals surface area contributed by atoms with Crippen LogP contribution >= 0.6 is 11.3 Å². The number of carbonyl (C=O) groups excluding carboxylic acids is 1. The normalized spacial score (nSPS) is 15.5. The molecule has 110 valence electrons. The maximum absolute atomic E-state index is 11.8. The van der Waals surface area contributed by atoms with Crippen LogP contribution in [-0.2, 0) is 11.3 Å². The van der Waals surface area contributed by atoms with E-state index in [0.717, 1.165) is 29.0 Å². The molecule has 0 radical (unpaired) electrons. The zero-order chi connectivity index (χ0) is 14.9. The molecule has 1 aliphatic carbocycles. The highest BCUT2D eigenvalue weighted by molar-refractivity contribution is 7.15. The second-order valence-corrected chi connectivity index (χ2v) is 6.50. The van der Waals surface area contributed by atoms with Crippen molar-refractivity contribution in [3.8, 4) is 16.2 Å². The topological polar surface area (TPSA) is 64.3 Å². The third-order valence-electron chi connectivity index (χ3n) is 3.70. The lowest BCUT2D eigenvalue weighted by Crippen LogP contribution is -2.42. The molecular formula is C16H18N2O2S. The van der Waals surface area contributed by atoms with Crippen LogP contribution in [0, 0.1) is 0 Å². The van der Waals surface area contributed by atoms with Gasteiger partial charge < -0.3 is 15.8 Å². The Labute approximate surface area is 127 Å². The molecule has 0 bridgehead atoms. The van der Waals surface area contributed by atoms with E-state index in [9.17, 15) is 4.79 Å². The van der Waals surface area contributed by atoms with Crippen LogP contribution in [0.2, 0.25) is 0 Å². The van der Waals surface area contributed by atoms with Crippen LogP contribution in [0.5, 0.6) is 5.75 Å². The second kappa shape index (κ2) is 5.50. The van der Waals surface area contributed by atoms with Gasteiger partial charge in [0.2, 0.25) is 5.91 Å². The Hall–Kier alpha value is -1.85. The van der Waals surface area contributed by atoms with Crippen molar-refractivity contribution < 1.29 is 9.53 Å². The van der Waals surface area contributed by atoms with Crippen molar-refractivity contribution in [1.29, 1.82) is 0 Å². The Morgan fingerprint density at radius 2 is 2.00 bits per heavy atom. The average molecular weight is 302 g/mol. The third kappa shape index (κ3) is 3.09. The minimum Gasteiger partial charge on any atom is -0.497 e. The van der Waals surface area contributed by atoms with Crippen molar-refractivity contribution in [3.63, 3.8) is 0 Å². The molecule has 0 aliphatic heterocycles. The van der Waals surface area contributed by atoms with Gasteiger partial charge in [-0.15, -0.1) is 11.3 Å². The van der Waals surface area contributed by atoms with Gasteiger partial charge >= 0.3 is 0 Å². The lowest BCUT2D eigenvalue weighted by atomic mass is 10.2. The van der Waals surface area contributed by atoms with E-state index in [4.69, 9.17) is 10.5 Å². The first-order valence-electron chi connectivity index (χ1n) is 6.91. The molecule has 2 aromatic rings. The summed E-state index contributed by atoms with van der Waals surface area (Å²) in [7, 11) is 1.66.